The van der Waals surface area contributed by atoms with Crippen LogP contribution in [0.4, 0.5) is 0 Å². The van der Waals surface area contributed by atoms with Gasteiger partial charge in [-0.25, -0.2) is 0 Å². The van der Waals surface area contributed by atoms with Gasteiger partial charge in [-0.2, -0.15) is 0 Å². The third-order valence-corrected chi connectivity index (χ3v) is 5.66. The lowest BCUT2D eigenvalue weighted by molar-refractivity contribution is 0.463. The Morgan fingerprint density at radius 1 is 0.517 bits per heavy atom. The van der Waals surface area contributed by atoms with E-state index in [-0.39, 0.29) is 16.8 Å². The second kappa shape index (κ2) is 9.33. The minimum absolute atomic E-state index is 0. The lowest BCUT2D eigenvalue weighted by Crippen LogP contribution is -2.42. The molecule has 0 heterocycles. The maximum atomic E-state index is 6.65. The van der Waals surface area contributed by atoms with Crippen molar-refractivity contribution >= 4 is 0 Å². The predicted octanol–water partition coefficient (Wildman–Crippen LogP) is 4.94. The first-order chi connectivity index (χ1) is 13.9. The summed E-state index contributed by atoms with van der Waals surface area (Å²) in [4.78, 5) is 0. The minimum atomic E-state index is -0.370. The van der Waals surface area contributed by atoms with E-state index < -0.39 is 0 Å². The molecule has 0 aromatic heterocycles. The van der Waals surface area contributed by atoms with E-state index in [2.05, 4.69) is 121 Å². The van der Waals surface area contributed by atoms with Gasteiger partial charge in [0.2, 0.25) is 0 Å². The van der Waals surface area contributed by atoms with E-state index in [0.717, 1.165) is 0 Å². The third-order valence-electron chi connectivity index (χ3n) is 5.66. The number of rotatable bonds is 6. The van der Waals surface area contributed by atoms with Crippen molar-refractivity contribution in [2.24, 2.45) is 5.73 Å². The summed E-state index contributed by atoms with van der Waals surface area (Å²) in [7, 11) is 0. The van der Waals surface area contributed by atoms with E-state index >= 15 is 0 Å². The van der Waals surface area contributed by atoms with Gasteiger partial charge >= 0.3 is 0 Å². The van der Waals surface area contributed by atoms with Crippen LogP contribution in [0.1, 0.15) is 28.2 Å². The van der Waals surface area contributed by atoms with Gasteiger partial charge in [0.25, 0.3) is 0 Å². The highest BCUT2D eigenvalue weighted by Gasteiger charge is 2.42. The first kappa shape index (κ1) is 20.5. The molecule has 0 spiro atoms. The Bertz CT molecular complexity index is 907. The summed E-state index contributed by atoms with van der Waals surface area (Å²) in [5.74, 6) is 0.102. The van der Waals surface area contributed by atoms with E-state index in [0.29, 0.717) is 6.54 Å². The Balaban J connectivity index is 0.00000240. The van der Waals surface area contributed by atoms with Crippen molar-refractivity contribution < 1.29 is 5.48 Å². The second-order valence-electron chi connectivity index (χ2n) is 7.16. The number of hydrogen-bond acceptors (Lipinski definition) is 1. The topological polar surface area (TPSA) is 57.5 Å². The quantitative estimate of drug-likeness (QED) is 0.505. The van der Waals surface area contributed by atoms with Crippen molar-refractivity contribution in [1.82, 2.24) is 0 Å². The van der Waals surface area contributed by atoms with Crippen LogP contribution in [0, 0.1) is 0 Å². The molecule has 0 radical (unpaired) electrons. The summed E-state index contributed by atoms with van der Waals surface area (Å²) >= 11 is 0. The molecule has 0 bridgehead atoms. The van der Waals surface area contributed by atoms with Crippen LogP contribution in [0.2, 0.25) is 0 Å². The van der Waals surface area contributed by atoms with Crippen molar-refractivity contribution in [1.29, 1.82) is 0 Å². The fraction of sp³-hybridized carbons (Fsp3) is 0.111. The minimum Gasteiger partial charge on any atom is -0.412 e. The van der Waals surface area contributed by atoms with Crippen LogP contribution in [-0.4, -0.2) is 12.0 Å². The molecule has 0 unspecified atom stereocenters. The fourth-order valence-corrected chi connectivity index (χ4v) is 4.38. The highest BCUT2D eigenvalue weighted by Crippen LogP contribution is 2.47. The molecule has 4 N–H and O–H groups in total. The van der Waals surface area contributed by atoms with Crippen LogP contribution in [0.25, 0.3) is 0 Å². The average Bonchev–Trinajstić information content (AvgIpc) is 2.80. The van der Waals surface area contributed by atoms with Crippen LogP contribution in [0.15, 0.2) is 121 Å². The van der Waals surface area contributed by atoms with Crippen LogP contribution < -0.4 is 5.73 Å². The van der Waals surface area contributed by atoms with Crippen molar-refractivity contribution in [3.8, 4) is 0 Å². The maximum Gasteiger partial charge on any atom is 0.0433 e. The largest absolute Gasteiger partial charge is 0.412 e. The molecule has 4 rings (SSSR count). The van der Waals surface area contributed by atoms with E-state index in [9.17, 15) is 0 Å². The van der Waals surface area contributed by atoms with E-state index in [1.165, 1.54) is 22.3 Å². The highest BCUT2D eigenvalue weighted by atomic mass is 16.0. The Morgan fingerprint density at radius 2 is 0.828 bits per heavy atom. The van der Waals surface area contributed by atoms with Gasteiger partial charge in [-0.1, -0.05) is 121 Å². The smallest absolute Gasteiger partial charge is 0.0433 e. The monoisotopic (exact) mass is 381 g/mol. The van der Waals surface area contributed by atoms with E-state index in [1.54, 1.807) is 0 Å². The van der Waals surface area contributed by atoms with E-state index in [4.69, 9.17) is 5.73 Å². The highest BCUT2D eigenvalue weighted by molar-refractivity contribution is 5.50. The van der Waals surface area contributed by atoms with Gasteiger partial charge in [0.15, 0.2) is 0 Å². The van der Waals surface area contributed by atoms with Crippen molar-refractivity contribution in [2.45, 2.75) is 11.3 Å². The summed E-state index contributed by atoms with van der Waals surface area (Å²) in [5.41, 5.74) is 11.3. The zero-order valence-electron chi connectivity index (χ0n) is 16.4. The lowest BCUT2D eigenvalue weighted by atomic mass is 9.61. The molecular formula is C27H27NO. The zero-order valence-corrected chi connectivity index (χ0v) is 16.4. The Kier molecular flexibility index (Phi) is 6.61. The van der Waals surface area contributed by atoms with Gasteiger partial charge in [0, 0.05) is 17.9 Å². The molecule has 0 amide bonds. The van der Waals surface area contributed by atoms with Gasteiger partial charge in [-0.3, -0.25) is 0 Å². The molecule has 2 nitrogen and oxygen atoms in total. The molecule has 0 aliphatic carbocycles. The van der Waals surface area contributed by atoms with Gasteiger partial charge in [0.05, 0.1) is 0 Å². The van der Waals surface area contributed by atoms with Crippen LogP contribution in [0.5, 0.6) is 0 Å². The molecule has 146 valence electrons. The van der Waals surface area contributed by atoms with Crippen molar-refractivity contribution in [2.75, 3.05) is 6.54 Å². The van der Waals surface area contributed by atoms with Crippen LogP contribution >= 0.6 is 0 Å². The molecule has 0 atom stereocenters. The molecule has 0 saturated heterocycles. The maximum absolute atomic E-state index is 6.65. The average molecular weight is 382 g/mol. The van der Waals surface area contributed by atoms with Gasteiger partial charge in [0.1, 0.15) is 0 Å². The van der Waals surface area contributed by atoms with Gasteiger partial charge in [-0.15, -0.1) is 0 Å². The Hall–Kier alpha value is -3.20. The standard InChI is InChI=1S/C27H25N.H2O/c28-21-27(24-17-9-3-10-18-24,25-19-11-4-12-20-25)26(22-13-5-1-6-14-22)23-15-7-2-8-16-23;/h1-20,26H,21,28H2;1H2. The molecule has 0 fully saturated rings. The molecule has 0 aliphatic rings. The molecule has 2 heteroatoms. The number of nitrogens with two attached hydrogens (primary N) is 1. The normalized spacial score (nSPS) is 11.1. The van der Waals surface area contributed by atoms with Crippen LogP contribution in [0.3, 0.4) is 0 Å². The zero-order chi connectivity index (χ0) is 19.2. The summed E-state index contributed by atoms with van der Waals surface area (Å²) in [6.45, 7) is 0.509. The number of benzene rings is 4. The SMILES string of the molecule is NCC(c1ccccc1)(c1ccccc1)C(c1ccccc1)c1ccccc1.O. The molecule has 4 aromatic rings. The summed E-state index contributed by atoms with van der Waals surface area (Å²) in [6.07, 6.45) is 0. The first-order valence-electron chi connectivity index (χ1n) is 9.77. The lowest BCUT2D eigenvalue weighted by Gasteiger charge is -2.42. The first-order valence-corrected chi connectivity index (χ1v) is 9.77. The molecule has 4 aromatic carbocycles. The van der Waals surface area contributed by atoms with Gasteiger partial charge < -0.3 is 11.2 Å². The van der Waals surface area contributed by atoms with Gasteiger partial charge in [-0.05, 0) is 22.3 Å². The van der Waals surface area contributed by atoms with Crippen LogP contribution in [-0.2, 0) is 5.41 Å². The molecule has 29 heavy (non-hydrogen) atoms. The Morgan fingerprint density at radius 3 is 1.14 bits per heavy atom. The third kappa shape index (κ3) is 3.86. The van der Waals surface area contributed by atoms with Crippen molar-refractivity contribution in [3.05, 3.63) is 144 Å². The number of hydrogen-bond donors (Lipinski definition) is 1. The predicted molar refractivity (Wildman–Crippen MR) is 121 cm³/mol. The molecular weight excluding hydrogens is 354 g/mol. The fourth-order valence-electron chi connectivity index (χ4n) is 4.38. The summed E-state index contributed by atoms with van der Waals surface area (Å²) < 4.78 is 0. The van der Waals surface area contributed by atoms with Crippen molar-refractivity contribution in [3.63, 3.8) is 0 Å². The summed E-state index contributed by atoms with van der Waals surface area (Å²) in [6, 6.07) is 42.8. The Labute approximate surface area is 173 Å². The second-order valence-corrected chi connectivity index (χ2v) is 7.16. The van der Waals surface area contributed by atoms with E-state index in [1.807, 2.05) is 0 Å². The summed E-state index contributed by atoms with van der Waals surface area (Å²) in [5, 5.41) is 0. The molecule has 0 aliphatic heterocycles. The molecule has 0 saturated carbocycles.